The predicted molar refractivity (Wildman–Crippen MR) is 225 cm³/mol. The van der Waals surface area contributed by atoms with Gasteiger partial charge in [-0.05, 0) is 56.0 Å². The average Bonchev–Trinajstić information content (AvgIpc) is 3.25. The van der Waals surface area contributed by atoms with Gasteiger partial charge in [-0.25, -0.2) is 9.59 Å². The molecule has 1 aliphatic rings. The molecule has 16 heteroatoms. The minimum absolute atomic E-state index is 0.0891. The molecule has 1 heterocycles. The average molecular weight is 876 g/mol. The molecule has 16 nitrogen and oxygen atoms in total. The van der Waals surface area contributed by atoms with Gasteiger partial charge in [-0.3, -0.25) is 24.0 Å². The van der Waals surface area contributed by atoms with Crippen LogP contribution < -0.4 is 5.32 Å². The van der Waals surface area contributed by atoms with Gasteiger partial charge in [0.25, 0.3) is 0 Å². The van der Waals surface area contributed by atoms with Crippen LogP contribution in [0.2, 0.25) is 0 Å². The molecule has 1 aliphatic heterocycles. The second-order valence-corrected chi connectivity index (χ2v) is 15.0. The third-order valence-electron chi connectivity index (χ3n) is 9.86. The summed E-state index contributed by atoms with van der Waals surface area (Å²) in [6, 6.07) is 25.1. The second-order valence-electron chi connectivity index (χ2n) is 15.0. The molecule has 340 valence electrons. The number of esters is 6. The first-order valence-electron chi connectivity index (χ1n) is 21.0. The fraction of sp³-hybridized carbons (Fsp3) is 0.468. The van der Waals surface area contributed by atoms with E-state index < -0.39 is 104 Å². The van der Waals surface area contributed by atoms with Crippen LogP contribution in [-0.4, -0.2) is 104 Å². The molecule has 0 aliphatic carbocycles. The number of carbonyl (C=O) groups excluding carboxylic acids is 7. The van der Waals surface area contributed by atoms with Crippen molar-refractivity contribution in [2.45, 2.75) is 129 Å². The molecule has 0 spiro atoms. The first kappa shape index (κ1) is 49.5. The topological polar surface area (TPSA) is 205 Å². The Bertz CT molecular complexity index is 1940. The summed E-state index contributed by atoms with van der Waals surface area (Å²) in [6.45, 7) is 4.85. The third kappa shape index (κ3) is 16.9. The highest BCUT2D eigenvalue weighted by molar-refractivity contribution is 5.90. The zero-order chi connectivity index (χ0) is 45.7. The van der Waals surface area contributed by atoms with E-state index in [0.29, 0.717) is 6.42 Å². The van der Waals surface area contributed by atoms with Crippen molar-refractivity contribution < 1.29 is 71.5 Å². The lowest BCUT2D eigenvalue weighted by Gasteiger charge is -2.44. The van der Waals surface area contributed by atoms with Gasteiger partial charge < -0.3 is 43.2 Å². The first-order valence-corrected chi connectivity index (χ1v) is 21.0. The summed E-state index contributed by atoms with van der Waals surface area (Å²) >= 11 is 0. The van der Waals surface area contributed by atoms with Crippen LogP contribution in [0, 0.1) is 0 Å². The van der Waals surface area contributed by atoms with E-state index in [1.807, 2.05) is 18.2 Å². The molecule has 4 rings (SSSR count). The van der Waals surface area contributed by atoms with E-state index in [1.165, 1.54) is 24.6 Å². The number of rotatable bonds is 23. The Kier molecular flexibility index (Phi) is 20.2. The van der Waals surface area contributed by atoms with E-state index in [1.54, 1.807) is 48.5 Å². The Balaban J connectivity index is 1.64. The van der Waals surface area contributed by atoms with E-state index in [0.717, 1.165) is 59.8 Å². The number of benzene rings is 3. The molecule has 3 aromatic rings. The number of ether oxygens (including phenoxy) is 8. The molecule has 1 N–H and O–H groups in total. The molecule has 8 atom stereocenters. The highest BCUT2D eigenvalue weighted by Crippen LogP contribution is 2.30. The molecule has 0 aromatic heterocycles. The Morgan fingerprint density at radius 2 is 1.11 bits per heavy atom. The second kappa shape index (κ2) is 25.7. The van der Waals surface area contributed by atoms with Crippen LogP contribution in [0.5, 0.6) is 0 Å². The molecule has 0 bridgehead atoms. The van der Waals surface area contributed by atoms with Crippen molar-refractivity contribution in [1.82, 2.24) is 5.32 Å². The minimum atomic E-state index is -1.63. The molecule has 0 saturated carbocycles. The maximum atomic E-state index is 13.8. The molecule has 63 heavy (non-hydrogen) atoms. The summed E-state index contributed by atoms with van der Waals surface area (Å²) in [5.74, 6) is -5.18. The van der Waals surface area contributed by atoms with Crippen molar-refractivity contribution in [2.75, 3.05) is 13.2 Å². The van der Waals surface area contributed by atoms with Gasteiger partial charge in [-0.2, -0.15) is 0 Å². The van der Waals surface area contributed by atoms with Gasteiger partial charge in [0, 0.05) is 34.1 Å². The highest BCUT2D eigenvalue weighted by Gasteiger charge is 2.53. The SMILES string of the molecule is CC(=O)OCC1OC(OC[C@H](NC(=O)CCCCCCCc2ccccc2)[C@H](OC(=O)c2ccccc2)[C@@H](C)OC(=O)c2ccccc2)C(OC(C)=O)C(OC(C)=O)C1OC(C)=O. The predicted octanol–water partition coefficient (Wildman–Crippen LogP) is 5.63. The Morgan fingerprint density at radius 1 is 0.603 bits per heavy atom. The van der Waals surface area contributed by atoms with Crippen LogP contribution in [0.25, 0.3) is 0 Å². The molecule has 1 saturated heterocycles. The zero-order valence-electron chi connectivity index (χ0n) is 36.3. The largest absolute Gasteiger partial charge is 0.463 e. The van der Waals surface area contributed by atoms with Gasteiger partial charge >= 0.3 is 35.8 Å². The summed E-state index contributed by atoms with van der Waals surface area (Å²) < 4.78 is 46.0. The zero-order valence-corrected chi connectivity index (χ0v) is 36.3. The number of aryl methyl sites for hydroxylation is 1. The van der Waals surface area contributed by atoms with Gasteiger partial charge in [0.2, 0.25) is 5.91 Å². The van der Waals surface area contributed by atoms with Crippen LogP contribution >= 0.6 is 0 Å². The van der Waals surface area contributed by atoms with Gasteiger partial charge in [0.15, 0.2) is 30.7 Å². The van der Waals surface area contributed by atoms with E-state index in [2.05, 4.69) is 17.4 Å². The molecule has 1 amide bonds. The van der Waals surface area contributed by atoms with Crippen LogP contribution in [0.1, 0.15) is 99.4 Å². The van der Waals surface area contributed by atoms with Crippen molar-refractivity contribution in [3.8, 4) is 0 Å². The summed E-state index contributed by atoms with van der Waals surface area (Å²) in [4.78, 5) is 89.9. The number of carbonyl (C=O) groups is 7. The van der Waals surface area contributed by atoms with Gasteiger partial charge in [-0.1, -0.05) is 86.0 Å². The van der Waals surface area contributed by atoms with E-state index >= 15 is 0 Å². The van der Waals surface area contributed by atoms with Crippen LogP contribution in [-0.2, 0) is 68.3 Å². The lowest BCUT2D eigenvalue weighted by Crippen LogP contribution is -2.63. The molecule has 5 unspecified atom stereocenters. The van der Waals surface area contributed by atoms with Crippen LogP contribution in [0.15, 0.2) is 91.0 Å². The standard InChI is InChI=1S/C47H57NO15/c1-30(58-45(54)36-23-15-10-16-24-36)41(63-46(55)37-25-17-11-18-26-37)38(48-40(53)27-19-8-6-7-12-20-35-21-13-9-14-22-35)28-57-47-44(61-34(5)52)43(60-33(4)51)42(59-32(3)50)39(62-47)29-56-31(2)49/h9-11,13-18,21-26,30,38-39,41-44,47H,6-8,12,19-20,27-29H2,1-5H3,(H,48,53)/t30-,38+,39?,41-,42?,43?,44?,47?/m1/s1. The molecule has 0 radical (unpaired) electrons. The van der Waals surface area contributed by atoms with Crippen molar-refractivity contribution in [3.05, 3.63) is 108 Å². The highest BCUT2D eigenvalue weighted by atomic mass is 16.7. The summed E-state index contributed by atoms with van der Waals surface area (Å²) in [7, 11) is 0. The van der Waals surface area contributed by atoms with Crippen LogP contribution in [0.3, 0.4) is 0 Å². The summed E-state index contributed by atoms with van der Waals surface area (Å²) in [5, 5.41) is 2.90. The maximum Gasteiger partial charge on any atom is 0.338 e. The fourth-order valence-electron chi connectivity index (χ4n) is 6.96. The number of amides is 1. The van der Waals surface area contributed by atoms with Gasteiger partial charge in [0.1, 0.15) is 18.8 Å². The molecule has 1 fully saturated rings. The lowest BCUT2D eigenvalue weighted by atomic mass is 9.98. The van der Waals surface area contributed by atoms with E-state index in [4.69, 9.17) is 37.9 Å². The smallest absolute Gasteiger partial charge is 0.338 e. The van der Waals surface area contributed by atoms with E-state index in [-0.39, 0.29) is 17.5 Å². The molecule has 3 aromatic carbocycles. The summed E-state index contributed by atoms with van der Waals surface area (Å²) in [6.07, 6.45) is -4.89. The van der Waals surface area contributed by atoms with Crippen LogP contribution in [0.4, 0.5) is 0 Å². The first-order chi connectivity index (χ1) is 30.2. The van der Waals surface area contributed by atoms with Crippen molar-refractivity contribution >= 4 is 41.7 Å². The van der Waals surface area contributed by atoms with Crippen molar-refractivity contribution in [3.63, 3.8) is 0 Å². The minimum Gasteiger partial charge on any atom is -0.463 e. The Labute approximate surface area is 367 Å². The van der Waals surface area contributed by atoms with Crippen molar-refractivity contribution in [1.29, 1.82) is 0 Å². The van der Waals surface area contributed by atoms with Crippen molar-refractivity contribution in [2.24, 2.45) is 0 Å². The monoisotopic (exact) mass is 875 g/mol. The summed E-state index contributed by atoms with van der Waals surface area (Å²) in [5.41, 5.74) is 1.65. The van der Waals surface area contributed by atoms with Gasteiger partial charge in [0.05, 0.1) is 23.8 Å². The molecular formula is C47H57NO15. The quantitative estimate of drug-likeness (QED) is 0.0697. The fourth-order valence-corrected chi connectivity index (χ4v) is 6.96. The lowest BCUT2D eigenvalue weighted by molar-refractivity contribution is -0.309. The van der Waals surface area contributed by atoms with E-state index in [9.17, 15) is 33.6 Å². The number of hydrogen-bond acceptors (Lipinski definition) is 15. The normalized spacial score (nSPS) is 19.5. The molecular weight excluding hydrogens is 819 g/mol. The Hall–Kier alpha value is -6.13. The number of hydrogen-bond donors (Lipinski definition) is 1. The number of nitrogens with one attached hydrogen (secondary N) is 1. The number of unbranched alkanes of at least 4 members (excludes halogenated alkanes) is 4. The maximum absolute atomic E-state index is 13.8. The third-order valence-corrected chi connectivity index (χ3v) is 9.86. The van der Waals surface area contributed by atoms with Gasteiger partial charge in [-0.15, -0.1) is 0 Å². The Morgan fingerprint density at radius 3 is 1.68 bits per heavy atom.